The second kappa shape index (κ2) is 13.1. The molecule has 4 amide bonds. The quantitative estimate of drug-likeness (QED) is 0.382. The molecule has 0 radical (unpaired) electrons. The summed E-state index contributed by atoms with van der Waals surface area (Å²) in [6.07, 6.45) is 2.48. The van der Waals surface area contributed by atoms with Crippen molar-refractivity contribution in [1.82, 2.24) is 14.8 Å². The Bertz CT molecular complexity index is 1370. The number of amides is 4. The zero-order valence-corrected chi connectivity index (χ0v) is 23.5. The van der Waals surface area contributed by atoms with Gasteiger partial charge in [0.1, 0.15) is 11.9 Å². The van der Waals surface area contributed by atoms with Crippen LogP contribution < -0.4 is 20.1 Å². The Morgan fingerprint density at radius 3 is 2.51 bits per heavy atom. The van der Waals surface area contributed by atoms with E-state index >= 15 is 0 Å². The number of benzene rings is 2. The molecule has 1 aliphatic rings. The van der Waals surface area contributed by atoms with Crippen molar-refractivity contribution in [2.24, 2.45) is 5.92 Å². The van der Waals surface area contributed by atoms with Crippen LogP contribution in [-0.2, 0) is 0 Å². The number of carbonyl (C=O) groups excluding carboxylic acids is 3. The van der Waals surface area contributed by atoms with E-state index in [1.165, 1.54) is 17.3 Å². The Balaban J connectivity index is 1.62. The molecule has 0 saturated heterocycles. The van der Waals surface area contributed by atoms with Crippen LogP contribution in [0.25, 0.3) is 0 Å². The third-order valence-corrected chi connectivity index (χ3v) is 7.02. The number of fused-ring (bicyclic) bond motifs is 1. The summed E-state index contributed by atoms with van der Waals surface area (Å²) < 4.78 is 11.6. The van der Waals surface area contributed by atoms with Crippen molar-refractivity contribution < 1.29 is 29.0 Å². The van der Waals surface area contributed by atoms with E-state index in [9.17, 15) is 19.5 Å². The number of carbonyl (C=O) groups is 3. The topological polar surface area (TPSA) is 133 Å². The molecule has 216 valence electrons. The third kappa shape index (κ3) is 6.93. The van der Waals surface area contributed by atoms with E-state index in [1.54, 1.807) is 80.6 Å². The molecule has 11 heteroatoms. The summed E-state index contributed by atoms with van der Waals surface area (Å²) in [7, 11) is 3.23. The van der Waals surface area contributed by atoms with Crippen molar-refractivity contribution in [2.75, 3.05) is 44.5 Å². The number of nitrogens with zero attached hydrogens (tertiary/aromatic N) is 3. The Hall–Kier alpha value is -4.64. The Morgan fingerprint density at radius 2 is 1.85 bits per heavy atom. The number of anilines is 2. The van der Waals surface area contributed by atoms with Gasteiger partial charge >= 0.3 is 6.03 Å². The highest BCUT2D eigenvalue weighted by molar-refractivity contribution is 6.07. The summed E-state index contributed by atoms with van der Waals surface area (Å²) in [5.74, 6) is -0.0656. The molecular formula is C30H35N5O6. The van der Waals surface area contributed by atoms with Crippen LogP contribution in [-0.4, -0.2) is 83.7 Å². The fourth-order valence-corrected chi connectivity index (χ4v) is 4.50. The van der Waals surface area contributed by atoms with Gasteiger partial charge in [0.15, 0.2) is 5.75 Å². The SMILES string of the molecule is COc1ccc(NC(=O)N(C)C[C@H]2Oc3c(NC(=O)c4ccncc4)cccc3C(=O)N([C@@H](C)CO)C[C@@H]2C)cc1. The first-order valence-corrected chi connectivity index (χ1v) is 13.3. The van der Waals surface area contributed by atoms with Crippen LogP contribution in [0.2, 0.25) is 0 Å². The Morgan fingerprint density at radius 1 is 1.15 bits per heavy atom. The van der Waals surface area contributed by atoms with E-state index in [4.69, 9.17) is 9.47 Å². The van der Waals surface area contributed by atoms with Crippen LogP contribution in [0, 0.1) is 5.92 Å². The van der Waals surface area contributed by atoms with Gasteiger partial charge in [-0.05, 0) is 55.5 Å². The number of rotatable bonds is 8. The number of aliphatic hydroxyl groups is 1. The number of likely N-dealkylation sites (N-methyl/N-ethyl adjacent to an activating group) is 1. The van der Waals surface area contributed by atoms with Crippen molar-refractivity contribution in [1.29, 1.82) is 0 Å². The molecule has 1 aliphatic heterocycles. The molecule has 3 N–H and O–H groups in total. The van der Waals surface area contributed by atoms with E-state index in [2.05, 4.69) is 15.6 Å². The largest absolute Gasteiger partial charge is 0.497 e. The Labute approximate surface area is 239 Å². The highest BCUT2D eigenvalue weighted by Crippen LogP contribution is 2.35. The van der Waals surface area contributed by atoms with Crippen LogP contribution >= 0.6 is 0 Å². The number of hydrogen-bond donors (Lipinski definition) is 3. The van der Waals surface area contributed by atoms with Crippen LogP contribution in [0.1, 0.15) is 34.6 Å². The smallest absolute Gasteiger partial charge is 0.321 e. The zero-order chi connectivity index (χ0) is 29.5. The summed E-state index contributed by atoms with van der Waals surface area (Å²) in [4.78, 5) is 46.8. The number of pyridine rings is 1. The normalized spacial score (nSPS) is 17.3. The van der Waals surface area contributed by atoms with E-state index in [0.717, 1.165) is 0 Å². The standard InChI is InChI=1S/C30H35N5O6/c1-19-16-35(20(2)18-36)29(38)24-6-5-7-25(33-28(37)21-12-14-31-15-13-21)27(24)41-26(19)17-34(3)30(39)32-22-8-10-23(40-4)11-9-22/h5-15,19-20,26,36H,16-18H2,1-4H3,(H,32,39)(H,33,37)/t19-,20-,26+/m0/s1. The fraction of sp³-hybridized carbons (Fsp3) is 0.333. The molecule has 2 heterocycles. The number of nitrogens with one attached hydrogen (secondary N) is 2. The second-order valence-corrected chi connectivity index (χ2v) is 10.0. The number of aromatic nitrogens is 1. The van der Waals surface area contributed by atoms with Crippen LogP contribution in [0.4, 0.5) is 16.2 Å². The average Bonchev–Trinajstić information content (AvgIpc) is 2.99. The highest BCUT2D eigenvalue weighted by atomic mass is 16.5. The zero-order valence-electron chi connectivity index (χ0n) is 23.5. The van der Waals surface area contributed by atoms with Crippen molar-refractivity contribution in [3.05, 3.63) is 78.1 Å². The molecule has 0 unspecified atom stereocenters. The van der Waals surface area contributed by atoms with E-state index in [-0.39, 0.29) is 48.2 Å². The lowest BCUT2D eigenvalue weighted by Crippen LogP contribution is -2.50. The van der Waals surface area contributed by atoms with Crippen molar-refractivity contribution in [2.45, 2.75) is 26.0 Å². The molecule has 41 heavy (non-hydrogen) atoms. The minimum absolute atomic E-state index is 0.185. The number of hydrogen-bond acceptors (Lipinski definition) is 7. The van der Waals surface area contributed by atoms with Crippen molar-refractivity contribution in [3.8, 4) is 11.5 Å². The Kier molecular flexibility index (Phi) is 9.41. The predicted molar refractivity (Wildman–Crippen MR) is 154 cm³/mol. The molecule has 3 atom stereocenters. The minimum atomic E-state index is -0.555. The van der Waals surface area contributed by atoms with Gasteiger partial charge in [0.2, 0.25) is 0 Å². The van der Waals surface area contributed by atoms with Gasteiger partial charge in [0, 0.05) is 43.2 Å². The number of para-hydroxylation sites is 1. The molecule has 2 aromatic carbocycles. The summed E-state index contributed by atoms with van der Waals surface area (Å²) in [5.41, 5.74) is 1.57. The maximum atomic E-state index is 13.7. The molecule has 0 spiro atoms. The fourth-order valence-electron chi connectivity index (χ4n) is 4.50. The van der Waals surface area contributed by atoms with Crippen molar-refractivity contribution >= 4 is 29.2 Å². The van der Waals surface area contributed by atoms with Gasteiger partial charge in [-0.25, -0.2) is 4.79 Å². The lowest BCUT2D eigenvalue weighted by molar-refractivity contribution is 0.0372. The third-order valence-electron chi connectivity index (χ3n) is 7.02. The minimum Gasteiger partial charge on any atom is -0.497 e. The summed E-state index contributed by atoms with van der Waals surface area (Å²) in [6.45, 7) is 3.96. The monoisotopic (exact) mass is 561 g/mol. The van der Waals surface area contributed by atoms with E-state index < -0.39 is 12.1 Å². The molecule has 3 aromatic rings. The number of aliphatic hydroxyl groups excluding tert-OH is 1. The molecule has 0 fully saturated rings. The number of ether oxygens (including phenoxy) is 2. The van der Waals surface area contributed by atoms with Gasteiger partial charge in [-0.1, -0.05) is 13.0 Å². The summed E-state index contributed by atoms with van der Waals surface area (Å²) in [5, 5.41) is 15.6. The number of urea groups is 1. The lowest BCUT2D eigenvalue weighted by Gasteiger charge is -2.38. The molecule has 0 bridgehead atoms. The summed E-state index contributed by atoms with van der Waals surface area (Å²) >= 11 is 0. The molecule has 1 aromatic heterocycles. The van der Waals surface area contributed by atoms with Crippen LogP contribution in [0.15, 0.2) is 67.0 Å². The van der Waals surface area contributed by atoms with Gasteiger partial charge in [0.25, 0.3) is 11.8 Å². The van der Waals surface area contributed by atoms with Crippen molar-refractivity contribution in [3.63, 3.8) is 0 Å². The van der Waals surface area contributed by atoms with Crippen LogP contribution in [0.5, 0.6) is 11.5 Å². The molecule has 0 aliphatic carbocycles. The maximum Gasteiger partial charge on any atom is 0.321 e. The van der Waals surface area contributed by atoms with Crippen LogP contribution in [0.3, 0.4) is 0 Å². The van der Waals surface area contributed by atoms with Gasteiger partial charge in [-0.15, -0.1) is 0 Å². The van der Waals surface area contributed by atoms with Gasteiger partial charge < -0.3 is 35.0 Å². The average molecular weight is 562 g/mol. The van der Waals surface area contributed by atoms with Gasteiger partial charge in [-0.2, -0.15) is 0 Å². The molecule has 0 saturated carbocycles. The van der Waals surface area contributed by atoms with Gasteiger partial charge in [0.05, 0.1) is 37.6 Å². The number of methoxy groups -OCH3 is 1. The second-order valence-electron chi connectivity index (χ2n) is 10.0. The molecule has 11 nitrogen and oxygen atoms in total. The molecular weight excluding hydrogens is 526 g/mol. The van der Waals surface area contributed by atoms with Gasteiger partial charge in [-0.3, -0.25) is 14.6 Å². The van der Waals surface area contributed by atoms with E-state index in [1.807, 2.05) is 6.92 Å². The maximum absolute atomic E-state index is 13.7. The summed E-state index contributed by atoms with van der Waals surface area (Å²) in [6, 6.07) is 14.3. The van der Waals surface area contributed by atoms with E-state index in [0.29, 0.717) is 29.2 Å². The highest BCUT2D eigenvalue weighted by Gasteiger charge is 2.35. The molecule has 4 rings (SSSR count). The first-order valence-electron chi connectivity index (χ1n) is 13.3. The predicted octanol–water partition coefficient (Wildman–Crippen LogP) is 3.73. The lowest BCUT2D eigenvalue weighted by atomic mass is 9.99. The first-order chi connectivity index (χ1) is 19.7. The first kappa shape index (κ1) is 29.3.